The van der Waals surface area contributed by atoms with Gasteiger partial charge < -0.3 is 0 Å². The molecule has 4 aromatic rings. The van der Waals surface area contributed by atoms with Crippen LogP contribution < -0.4 is 4.72 Å². The van der Waals surface area contributed by atoms with Crippen LogP contribution >= 0.6 is 0 Å². The van der Waals surface area contributed by atoms with Gasteiger partial charge in [0, 0.05) is 31.7 Å². The van der Waals surface area contributed by atoms with Crippen molar-refractivity contribution in [1.29, 1.82) is 0 Å². The zero-order valence-electron chi connectivity index (χ0n) is 16.9. The molecule has 0 unspecified atom stereocenters. The summed E-state index contributed by atoms with van der Waals surface area (Å²) >= 11 is 0. The number of anilines is 1. The number of aromatic nitrogens is 5. The maximum absolute atomic E-state index is 14.9. The molecule has 0 saturated carbocycles. The molecule has 4 heterocycles. The molecule has 0 amide bonds. The van der Waals surface area contributed by atoms with Crippen molar-refractivity contribution in [3.63, 3.8) is 0 Å². The van der Waals surface area contributed by atoms with Crippen LogP contribution in [0.25, 0.3) is 16.7 Å². The molecule has 3 aromatic heterocycles. The Morgan fingerprint density at radius 2 is 1.94 bits per heavy atom. The van der Waals surface area contributed by atoms with E-state index in [1.54, 1.807) is 42.2 Å². The fourth-order valence-electron chi connectivity index (χ4n) is 3.90. The minimum atomic E-state index is -3.91. The number of benzene rings is 1. The smallest absolute Gasteiger partial charge is 0.265 e. The summed E-state index contributed by atoms with van der Waals surface area (Å²) in [6, 6.07) is 8.51. The highest BCUT2D eigenvalue weighted by Gasteiger charge is 2.43. The number of likely N-dealkylation sites (tertiary alicyclic amines) is 1. The molecular weight excluding hydrogens is 421 g/mol. The molecule has 0 aliphatic carbocycles. The van der Waals surface area contributed by atoms with Gasteiger partial charge in [0.05, 0.1) is 29.8 Å². The Morgan fingerprint density at radius 3 is 2.71 bits per heavy atom. The van der Waals surface area contributed by atoms with Crippen LogP contribution in [0.2, 0.25) is 0 Å². The van der Waals surface area contributed by atoms with Crippen LogP contribution in [0.5, 0.6) is 0 Å². The lowest BCUT2D eigenvalue weighted by molar-refractivity contribution is -0.0195. The number of sulfonamides is 1. The average molecular weight is 441 g/mol. The van der Waals surface area contributed by atoms with Gasteiger partial charge in [-0.15, -0.1) is 0 Å². The zero-order valence-corrected chi connectivity index (χ0v) is 17.7. The highest BCUT2D eigenvalue weighted by molar-refractivity contribution is 7.92. The number of rotatable bonds is 5. The Morgan fingerprint density at radius 1 is 1.13 bits per heavy atom. The van der Waals surface area contributed by atoms with Crippen molar-refractivity contribution in [2.45, 2.75) is 10.6 Å². The number of halogens is 1. The quantitative estimate of drug-likeness (QED) is 0.509. The number of nitrogens with zero attached hydrogens (tertiary/aromatic N) is 6. The molecule has 9 nitrogen and oxygen atoms in total. The number of fused-ring (bicyclic) bond motifs is 1. The van der Waals surface area contributed by atoms with Crippen LogP contribution in [0.15, 0.2) is 60.0 Å². The van der Waals surface area contributed by atoms with Gasteiger partial charge in [0.25, 0.3) is 10.0 Å². The molecule has 1 aliphatic heterocycles. The largest absolute Gasteiger partial charge is 0.299 e. The number of para-hydroxylation sites is 1. The predicted molar refractivity (Wildman–Crippen MR) is 113 cm³/mol. The second-order valence-electron chi connectivity index (χ2n) is 7.78. The number of pyridine rings is 1. The molecule has 160 valence electrons. The average Bonchev–Trinajstić information content (AvgIpc) is 3.35. The Hall–Kier alpha value is -3.31. The summed E-state index contributed by atoms with van der Waals surface area (Å²) in [6.45, 7) is 0.608. The summed E-state index contributed by atoms with van der Waals surface area (Å²) in [5.74, 6) is 0.347. The van der Waals surface area contributed by atoms with Crippen molar-refractivity contribution in [2.24, 2.45) is 7.05 Å². The van der Waals surface area contributed by atoms with Gasteiger partial charge in [0.1, 0.15) is 4.90 Å². The lowest BCUT2D eigenvalue weighted by atomic mass is 9.89. The summed E-state index contributed by atoms with van der Waals surface area (Å²) < 4.78 is 46.4. The van der Waals surface area contributed by atoms with Gasteiger partial charge in [-0.1, -0.05) is 12.1 Å². The molecule has 1 aliphatic rings. The van der Waals surface area contributed by atoms with E-state index in [1.165, 1.54) is 23.3 Å². The SMILES string of the molecule is CN1CC(F)(c2ccnc(-n3cc(S(=O)(=O)Nc4cccc5cnn(C)c45)cn3)c2)C1. The van der Waals surface area contributed by atoms with E-state index in [4.69, 9.17) is 0 Å². The van der Waals surface area contributed by atoms with E-state index in [2.05, 4.69) is 19.9 Å². The van der Waals surface area contributed by atoms with Crippen molar-refractivity contribution in [3.05, 3.63) is 60.7 Å². The first kappa shape index (κ1) is 19.6. The van der Waals surface area contributed by atoms with Crippen LogP contribution in [0.4, 0.5) is 10.1 Å². The van der Waals surface area contributed by atoms with E-state index >= 15 is 0 Å². The first-order chi connectivity index (χ1) is 14.7. The van der Waals surface area contributed by atoms with Gasteiger partial charge in [-0.25, -0.2) is 22.5 Å². The molecule has 0 radical (unpaired) electrons. The van der Waals surface area contributed by atoms with Gasteiger partial charge >= 0.3 is 0 Å². The Kier molecular flexibility index (Phi) is 4.34. The number of likely N-dealkylation sites (N-methyl/N-ethyl adjacent to an activating group) is 1. The van der Waals surface area contributed by atoms with E-state index in [1.807, 2.05) is 18.0 Å². The second kappa shape index (κ2) is 6.86. The molecule has 0 atom stereocenters. The topological polar surface area (TPSA) is 97.9 Å². The van der Waals surface area contributed by atoms with Gasteiger partial charge in [-0.3, -0.25) is 14.3 Å². The minimum Gasteiger partial charge on any atom is -0.299 e. The van der Waals surface area contributed by atoms with Crippen LogP contribution in [0, 0.1) is 0 Å². The van der Waals surface area contributed by atoms with E-state index in [0.29, 0.717) is 35.7 Å². The molecule has 1 N–H and O–H groups in total. The summed E-state index contributed by atoms with van der Waals surface area (Å²) in [4.78, 5) is 6.07. The van der Waals surface area contributed by atoms with Gasteiger partial charge in [-0.2, -0.15) is 10.2 Å². The lowest BCUT2D eigenvalue weighted by Gasteiger charge is -2.42. The lowest BCUT2D eigenvalue weighted by Crippen LogP contribution is -2.54. The number of nitrogens with one attached hydrogen (secondary N) is 1. The maximum Gasteiger partial charge on any atom is 0.265 e. The van der Waals surface area contributed by atoms with Gasteiger partial charge in [-0.05, 0) is 30.8 Å². The van der Waals surface area contributed by atoms with Crippen molar-refractivity contribution in [2.75, 3.05) is 24.9 Å². The number of alkyl halides is 1. The molecule has 1 saturated heterocycles. The van der Waals surface area contributed by atoms with E-state index < -0.39 is 15.7 Å². The fraction of sp³-hybridized carbons (Fsp3) is 0.250. The third-order valence-corrected chi connectivity index (χ3v) is 6.73. The maximum atomic E-state index is 14.9. The molecular formula is C20H20FN7O2S. The minimum absolute atomic E-state index is 0.0304. The summed E-state index contributed by atoms with van der Waals surface area (Å²) in [5.41, 5.74) is 0.152. The Bertz CT molecular complexity index is 1390. The van der Waals surface area contributed by atoms with Crippen molar-refractivity contribution in [3.8, 4) is 5.82 Å². The monoisotopic (exact) mass is 441 g/mol. The summed E-state index contributed by atoms with van der Waals surface area (Å²) in [7, 11) is -0.314. The van der Waals surface area contributed by atoms with Crippen LogP contribution in [0.3, 0.4) is 0 Å². The standard InChI is InChI=1S/C20H20FN7O2S/c1-26-12-20(21,13-26)15-6-7-22-18(8-15)28-11-16(10-24-28)31(29,30)25-17-5-3-4-14-9-23-27(2)19(14)17/h3-11,25H,12-13H2,1-2H3. The zero-order chi connectivity index (χ0) is 21.8. The van der Waals surface area contributed by atoms with Crippen LogP contribution in [-0.4, -0.2) is 58.0 Å². The third kappa shape index (κ3) is 3.35. The van der Waals surface area contributed by atoms with Crippen LogP contribution in [-0.2, 0) is 22.7 Å². The molecule has 31 heavy (non-hydrogen) atoms. The normalized spacial score (nSPS) is 16.4. The van der Waals surface area contributed by atoms with Crippen LogP contribution in [0.1, 0.15) is 5.56 Å². The Labute approximate surface area is 178 Å². The van der Waals surface area contributed by atoms with Crippen molar-refractivity contribution < 1.29 is 12.8 Å². The summed E-state index contributed by atoms with van der Waals surface area (Å²) in [6.07, 6.45) is 5.76. The molecule has 11 heteroatoms. The number of hydrogen-bond acceptors (Lipinski definition) is 6. The first-order valence-electron chi connectivity index (χ1n) is 9.58. The van der Waals surface area contributed by atoms with E-state index in [-0.39, 0.29) is 4.90 Å². The predicted octanol–water partition coefficient (Wildman–Crippen LogP) is 2.06. The summed E-state index contributed by atoms with van der Waals surface area (Å²) in [5, 5.41) is 9.12. The Balaban J connectivity index is 1.44. The number of aryl methyl sites for hydroxylation is 1. The molecule has 0 bridgehead atoms. The third-order valence-electron chi connectivity index (χ3n) is 5.41. The fourth-order valence-corrected chi connectivity index (χ4v) is 4.90. The van der Waals surface area contributed by atoms with Crippen molar-refractivity contribution in [1.82, 2.24) is 29.4 Å². The number of hydrogen-bond donors (Lipinski definition) is 1. The van der Waals surface area contributed by atoms with E-state index in [9.17, 15) is 12.8 Å². The highest BCUT2D eigenvalue weighted by Crippen LogP contribution is 2.35. The first-order valence-corrected chi connectivity index (χ1v) is 11.1. The molecule has 0 spiro atoms. The van der Waals surface area contributed by atoms with E-state index in [0.717, 1.165) is 5.39 Å². The van der Waals surface area contributed by atoms with Gasteiger partial charge in [0.2, 0.25) is 0 Å². The molecule has 5 rings (SSSR count). The van der Waals surface area contributed by atoms with Crippen molar-refractivity contribution >= 4 is 26.6 Å². The highest BCUT2D eigenvalue weighted by atomic mass is 32.2. The molecule has 1 aromatic carbocycles. The molecule has 1 fully saturated rings. The van der Waals surface area contributed by atoms with Gasteiger partial charge in [0.15, 0.2) is 11.5 Å². The second-order valence-corrected chi connectivity index (χ2v) is 9.46.